The number of hydrogen-bond acceptors (Lipinski definition) is 1. The first kappa shape index (κ1) is 13.7. The van der Waals surface area contributed by atoms with Crippen molar-refractivity contribution in [2.24, 2.45) is 0 Å². The minimum atomic E-state index is -0.183. The van der Waals surface area contributed by atoms with E-state index in [-0.39, 0.29) is 11.9 Å². The Morgan fingerprint density at radius 3 is 2.62 bits per heavy atom. The highest BCUT2D eigenvalue weighted by Gasteiger charge is 2.11. The van der Waals surface area contributed by atoms with E-state index < -0.39 is 0 Å². The van der Waals surface area contributed by atoms with Gasteiger partial charge in [-0.15, -0.1) is 0 Å². The summed E-state index contributed by atoms with van der Waals surface area (Å²) in [4.78, 5) is 0. The molecule has 0 spiro atoms. The summed E-state index contributed by atoms with van der Waals surface area (Å²) in [6.07, 6.45) is 3.24. The summed E-state index contributed by atoms with van der Waals surface area (Å²) >= 11 is 3.17. The molecule has 0 aromatic heterocycles. The van der Waals surface area contributed by atoms with E-state index in [0.717, 1.165) is 31.4 Å². The van der Waals surface area contributed by atoms with Gasteiger partial charge in [-0.2, -0.15) is 0 Å². The lowest BCUT2D eigenvalue weighted by Crippen LogP contribution is -2.22. The van der Waals surface area contributed by atoms with Gasteiger partial charge < -0.3 is 5.32 Å². The van der Waals surface area contributed by atoms with Crippen LogP contribution in [-0.4, -0.2) is 6.54 Å². The second-order valence-electron chi connectivity index (χ2n) is 3.97. The summed E-state index contributed by atoms with van der Waals surface area (Å²) in [5.41, 5.74) is 1.04. The third-order valence-electron chi connectivity index (χ3n) is 2.56. The first-order valence-electron chi connectivity index (χ1n) is 5.87. The van der Waals surface area contributed by atoms with Crippen LogP contribution in [0.1, 0.15) is 44.7 Å². The predicted molar refractivity (Wildman–Crippen MR) is 70.0 cm³/mol. The van der Waals surface area contributed by atoms with E-state index in [9.17, 15) is 4.39 Å². The average molecular weight is 288 g/mol. The maximum Gasteiger partial charge on any atom is 0.137 e. The molecule has 0 bridgehead atoms. The van der Waals surface area contributed by atoms with E-state index in [0.29, 0.717) is 4.47 Å². The van der Waals surface area contributed by atoms with E-state index in [1.807, 2.05) is 6.07 Å². The van der Waals surface area contributed by atoms with Crippen molar-refractivity contribution < 1.29 is 4.39 Å². The van der Waals surface area contributed by atoms with Gasteiger partial charge in [0.05, 0.1) is 4.47 Å². The molecule has 1 atom stereocenters. The van der Waals surface area contributed by atoms with Crippen LogP contribution < -0.4 is 5.32 Å². The van der Waals surface area contributed by atoms with Gasteiger partial charge in [-0.3, -0.25) is 0 Å². The summed E-state index contributed by atoms with van der Waals surface area (Å²) in [6.45, 7) is 5.26. The highest BCUT2D eigenvalue weighted by molar-refractivity contribution is 9.10. The van der Waals surface area contributed by atoms with E-state index in [1.54, 1.807) is 12.1 Å². The summed E-state index contributed by atoms with van der Waals surface area (Å²) in [5.74, 6) is -0.183. The molecule has 1 rings (SSSR count). The largest absolute Gasteiger partial charge is 0.310 e. The van der Waals surface area contributed by atoms with E-state index >= 15 is 0 Å². The van der Waals surface area contributed by atoms with Gasteiger partial charge in [0.1, 0.15) is 5.82 Å². The first-order valence-corrected chi connectivity index (χ1v) is 6.66. The lowest BCUT2D eigenvalue weighted by Gasteiger charge is -2.18. The molecule has 0 radical (unpaired) electrons. The first-order chi connectivity index (χ1) is 7.69. The molecule has 1 unspecified atom stereocenters. The van der Waals surface area contributed by atoms with Crippen molar-refractivity contribution in [2.75, 3.05) is 6.54 Å². The molecule has 0 aliphatic carbocycles. The van der Waals surface area contributed by atoms with Crippen LogP contribution in [0.25, 0.3) is 0 Å². The third-order valence-corrected chi connectivity index (χ3v) is 3.21. The molecule has 0 fully saturated rings. The van der Waals surface area contributed by atoms with Crippen molar-refractivity contribution in [3.63, 3.8) is 0 Å². The highest BCUT2D eigenvalue weighted by Crippen LogP contribution is 2.23. The average Bonchev–Trinajstić information content (AvgIpc) is 2.28. The molecule has 1 aromatic rings. The number of hydrogen-bond donors (Lipinski definition) is 1. The fourth-order valence-corrected chi connectivity index (χ4v) is 1.97. The molecule has 90 valence electrons. The Labute approximate surface area is 106 Å². The minimum absolute atomic E-state index is 0.183. The van der Waals surface area contributed by atoms with Crippen molar-refractivity contribution in [3.8, 4) is 0 Å². The number of rotatable bonds is 6. The van der Waals surface area contributed by atoms with Gasteiger partial charge in [-0.1, -0.05) is 26.3 Å². The lowest BCUT2D eigenvalue weighted by molar-refractivity contribution is 0.490. The van der Waals surface area contributed by atoms with E-state index in [2.05, 4.69) is 35.1 Å². The van der Waals surface area contributed by atoms with Crippen LogP contribution in [0.4, 0.5) is 4.39 Å². The Bertz CT molecular complexity index is 328. The molecule has 16 heavy (non-hydrogen) atoms. The van der Waals surface area contributed by atoms with Gasteiger partial charge in [0.2, 0.25) is 0 Å². The SMILES string of the molecule is CCCNC(CCC)c1ccc(Br)c(F)c1. The van der Waals surface area contributed by atoms with Gasteiger partial charge in [-0.05, 0) is 53.0 Å². The van der Waals surface area contributed by atoms with Gasteiger partial charge in [0.15, 0.2) is 0 Å². The van der Waals surface area contributed by atoms with Crippen LogP contribution in [0.5, 0.6) is 0 Å². The Hall–Kier alpha value is -0.410. The Morgan fingerprint density at radius 2 is 2.06 bits per heavy atom. The minimum Gasteiger partial charge on any atom is -0.310 e. The molecule has 1 nitrogen and oxygen atoms in total. The number of halogens is 2. The zero-order chi connectivity index (χ0) is 12.0. The monoisotopic (exact) mass is 287 g/mol. The van der Waals surface area contributed by atoms with Crippen molar-refractivity contribution >= 4 is 15.9 Å². The standard InChI is InChI=1S/C13H19BrFN/c1-3-5-13(16-8-4-2)10-6-7-11(14)12(15)9-10/h6-7,9,13,16H,3-5,8H2,1-2H3. The second-order valence-corrected chi connectivity index (χ2v) is 4.82. The maximum atomic E-state index is 13.4. The van der Waals surface area contributed by atoms with Crippen molar-refractivity contribution in [2.45, 2.75) is 39.2 Å². The third kappa shape index (κ3) is 3.87. The Kier molecular flexibility index (Phi) is 5.99. The topological polar surface area (TPSA) is 12.0 Å². The van der Waals surface area contributed by atoms with Gasteiger partial charge >= 0.3 is 0 Å². The zero-order valence-electron chi connectivity index (χ0n) is 9.89. The normalized spacial score (nSPS) is 12.8. The van der Waals surface area contributed by atoms with Crippen LogP contribution in [0.2, 0.25) is 0 Å². The fourth-order valence-electron chi connectivity index (χ4n) is 1.72. The fraction of sp³-hybridized carbons (Fsp3) is 0.538. The lowest BCUT2D eigenvalue weighted by atomic mass is 10.0. The van der Waals surface area contributed by atoms with Crippen LogP contribution in [0.3, 0.4) is 0 Å². The highest BCUT2D eigenvalue weighted by atomic mass is 79.9. The van der Waals surface area contributed by atoms with Gasteiger partial charge in [-0.25, -0.2) is 4.39 Å². The molecule has 0 aliphatic rings. The Morgan fingerprint density at radius 1 is 1.31 bits per heavy atom. The van der Waals surface area contributed by atoms with E-state index in [4.69, 9.17) is 0 Å². The van der Waals surface area contributed by atoms with Crippen molar-refractivity contribution in [1.82, 2.24) is 5.32 Å². The summed E-state index contributed by atoms with van der Waals surface area (Å²) < 4.78 is 14.0. The van der Waals surface area contributed by atoms with E-state index in [1.165, 1.54) is 0 Å². The number of nitrogens with one attached hydrogen (secondary N) is 1. The van der Waals surface area contributed by atoms with Crippen LogP contribution >= 0.6 is 15.9 Å². The van der Waals surface area contributed by atoms with Gasteiger partial charge in [0, 0.05) is 6.04 Å². The summed E-state index contributed by atoms with van der Waals surface area (Å²) in [5, 5.41) is 3.45. The molecular weight excluding hydrogens is 269 g/mol. The quantitative estimate of drug-likeness (QED) is 0.816. The smallest absolute Gasteiger partial charge is 0.137 e. The van der Waals surface area contributed by atoms with Crippen molar-refractivity contribution in [1.29, 1.82) is 0 Å². The van der Waals surface area contributed by atoms with Crippen molar-refractivity contribution in [3.05, 3.63) is 34.1 Å². The molecule has 0 aliphatic heterocycles. The molecule has 1 aromatic carbocycles. The molecule has 0 saturated heterocycles. The molecule has 3 heteroatoms. The molecule has 0 heterocycles. The summed E-state index contributed by atoms with van der Waals surface area (Å²) in [7, 11) is 0. The maximum absolute atomic E-state index is 13.4. The molecule has 0 amide bonds. The number of benzene rings is 1. The summed E-state index contributed by atoms with van der Waals surface area (Å²) in [6, 6.07) is 5.65. The predicted octanol–water partition coefficient (Wildman–Crippen LogP) is 4.43. The molecule has 1 N–H and O–H groups in total. The van der Waals surface area contributed by atoms with Crippen LogP contribution in [0.15, 0.2) is 22.7 Å². The molecule has 0 saturated carbocycles. The van der Waals surface area contributed by atoms with Crippen LogP contribution in [0, 0.1) is 5.82 Å². The molecular formula is C13H19BrFN. The zero-order valence-corrected chi connectivity index (χ0v) is 11.5. The second kappa shape index (κ2) is 7.02. The van der Waals surface area contributed by atoms with Crippen LogP contribution in [-0.2, 0) is 0 Å². The Balaban J connectivity index is 2.78. The van der Waals surface area contributed by atoms with Gasteiger partial charge in [0.25, 0.3) is 0 Å².